The van der Waals surface area contributed by atoms with Crippen molar-refractivity contribution < 1.29 is 35.9 Å². The first-order chi connectivity index (χ1) is 13.1. The molecule has 2 rings (SSSR count). The SMILES string of the molecule is O=C(CCNS(=O)(=O)c1cccc(C(F)(F)F)c1)OCC(=O)c1ccccc1. The molecule has 10 heteroatoms. The maximum atomic E-state index is 12.7. The van der Waals surface area contributed by atoms with Gasteiger partial charge in [-0.1, -0.05) is 36.4 Å². The van der Waals surface area contributed by atoms with Crippen LogP contribution in [0.1, 0.15) is 22.3 Å². The molecule has 2 aromatic rings. The minimum absolute atomic E-state index is 0.362. The lowest BCUT2D eigenvalue weighted by Gasteiger charge is -2.10. The Hall–Kier alpha value is -2.72. The maximum Gasteiger partial charge on any atom is 0.416 e. The quantitative estimate of drug-likeness (QED) is 0.529. The minimum atomic E-state index is -4.68. The zero-order chi connectivity index (χ0) is 20.8. The number of benzene rings is 2. The van der Waals surface area contributed by atoms with Crippen LogP contribution in [-0.2, 0) is 25.7 Å². The van der Waals surface area contributed by atoms with E-state index in [0.717, 1.165) is 18.2 Å². The molecule has 1 N–H and O–H groups in total. The highest BCUT2D eigenvalue weighted by molar-refractivity contribution is 7.89. The van der Waals surface area contributed by atoms with Crippen LogP contribution < -0.4 is 4.72 Å². The second-order valence-corrected chi connectivity index (χ2v) is 7.39. The maximum absolute atomic E-state index is 12.7. The molecule has 0 atom stereocenters. The number of nitrogens with one attached hydrogen (secondary N) is 1. The molecule has 0 amide bonds. The number of hydrogen-bond acceptors (Lipinski definition) is 5. The van der Waals surface area contributed by atoms with E-state index in [1.165, 1.54) is 0 Å². The number of rotatable bonds is 8. The Morgan fingerprint density at radius 3 is 2.32 bits per heavy atom. The Labute approximate surface area is 159 Å². The summed E-state index contributed by atoms with van der Waals surface area (Å²) in [6, 6.07) is 11.4. The van der Waals surface area contributed by atoms with Crippen molar-refractivity contribution in [1.82, 2.24) is 4.72 Å². The third-order valence-electron chi connectivity index (χ3n) is 3.55. The monoisotopic (exact) mass is 415 g/mol. The number of esters is 1. The molecule has 28 heavy (non-hydrogen) atoms. The van der Waals surface area contributed by atoms with E-state index in [9.17, 15) is 31.2 Å². The summed E-state index contributed by atoms with van der Waals surface area (Å²) in [4.78, 5) is 22.9. The zero-order valence-corrected chi connectivity index (χ0v) is 15.2. The molecule has 0 aromatic heterocycles. The number of ether oxygens (including phenoxy) is 1. The molecule has 0 heterocycles. The van der Waals surface area contributed by atoms with Crippen LogP contribution in [0.15, 0.2) is 59.5 Å². The van der Waals surface area contributed by atoms with Crippen molar-refractivity contribution >= 4 is 21.8 Å². The predicted octanol–water partition coefficient (Wildman–Crippen LogP) is 2.80. The molecule has 0 saturated heterocycles. The molecule has 0 fully saturated rings. The van der Waals surface area contributed by atoms with E-state index < -0.39 is 51.6 Å². The molecule has 0 spiro atoms. The molecular formula is C18H16F3NO5S. The van der Waals surface area contributed by atoms with Crippen molar-refractivity contribution in [3.8, 4) is 0 Å². The number of Topliss-reactive ketones (excluding diaryl/α,β-unsaturated/α-hetero) is 1. The van der Waals surface area contributed by atoms with Gasteiger partial charge in [-0.15, -0.1) is 0 Å². The van der Waals surface area contributed by atoms with E-state index in [0.29, 0.717) is 11.6 Å². The summed E-state index contributed by atoms with van der Waals surface area (Å²) in [5.41, 5.74) is -0.741. The number of halogens is 3. The molecule has 0 saturated carbocycles. The predicted molar refractivity (Wildman–Crippen MR) is 93.0 cm³/mol. The molecule has 0 aliphatic carbocycles. The number of carbonyl (C=O) groups excluding carboxylic acids is 2. The molecule has 0 bridgehead atoms. The van der Waals surface area contributed by atoms with Crippen LogP contribution in [0.2, 0.25) is 0 Å². The van der Waals surface area contributed by atoms with Crippen LogP contribution in [0.5, 0.6) is 0 Å². The number of hydrogen-bond donors (Lipinski definition) is 1. The second kappa shape index (κ2) is 8.98. The van der Waals surface area contributed by atoms with Crippen molar-refractivity contribution in [2.75, 3.05) is 13.2 Å². The molecule has 6 nitrogen and oxygen atoms in total. The van der Waals surface area contributed by atoms with Crippen LogP contribution >= 0.6 is 0 Å². The Morgan fingerprint density at radius 1 is 1.00 bits per heavy atom. The first-order valence-corrected chi connectivity index (χ1v) is 9.49. The summed E-state index contributed by atoms with van der Waals surface area (Å²) in [5.74, 6) is -1.24. The van der Waals surface area contributed by atoms with Gasteiger partial charge in [0.15, 0.2) is 12.4 Å². The highest BCUT2D eigenvalue weighted by atomic mass is 32.2. The Bertz CT molecular complexity index is 943. The smallest absolute Gasteiger partial charge is 0.416 e. The fourth-order valence-electron chi connectivity index (χ4n) is 2.14. The normalized spacial score (nSPS) is 11.8. The number of alkyl halides is 3. The van der Waals surface area contributed by atoms with E-state index in [2.05, 4.69) is 0 Å². The molecular weight excluding hydrogens is 399 g/mol. The molecule has 150 valence electrons. The van der Waals surface area contributed by atoms with Gasteiger partial charge in [0.1, 0.15) is 0 Å². The molecule has 0 aliphatic rings. The van der Waals surface area contributed by atoms with E-state index in [4.69, 9.17) is 4.74 Å². The zero-order valence-electron chi connectivity index (χ0n) is 14.4. The lowest BCUT2D eigenvalue weighted by atomic mass is 10.1. The van der Waals surface area contributed by atoms with Crippen molar-refractivity contribution in [3.05, 3.63) is 65.7 Å². The Morgan fingerprint density at radius 2 is 1.68 bits per heavy atom. The van der Waals surface area contributed by atoms with Gasteiger partial charge in [-0.3, -0.25) is 9.59 Å². The summed E-state index contributed by atoms with van der Waals surface area (Å²) in [6.07, 6.45) is -5.07. The van der Waals surface area contributed by atoms with Gasteiger partial charge in [0.2, 0.25) is 10.0 Å². The van der Waals surface area contributed by atoms with Crippen molar-refractivity contribution in [3.63, 3.8) is 0 Å². The first-order valence-electron chi connectivity index (χ1n) is 8.00. The van der Waals surface area contributed by atoms with E-state index in [1.54, 1.807) is 30.3 Å². The average Bonchev–Trinajstić information content (AvgIpc) is 2.66. The average molecular weight is 415 g/mol. The third kappa shape index (κ3) is 6.17. The van der Waals surface area contributed by atoms with Crippen LogP contribution in [0.4, 0.5) is 13.2 Å². The highest BCUT2D eigenvalue weighted by Gasteiger charge is 2.31. The summed E-state index contributed by atoms with van der Waals surface area (Å²) in [6.45, 7) is -0.889. The highest BCUT2D eigenvalue weighted by Crippen LogP contribution is 2.30. The topological polar surface area (TPSA) is 89.5 Å². The number of ketones is 1. The standard InChI is InChI=1S/C18H16F3NO5S/c19-18(20,21)14-7-4-8-15(11-14)28(25,26)22-10-9-17(24)27-12-16(23)13-5-2-1-3-6-13/h1-8,11,22H,9-10,12H2. The van der Waals surface area contributed by atoms with Gasteiger partial charge >= 0.3 is 12.1 Å². The van der Waals surface area contributed by atoms with Crippen molar-refractivity contribution in [1.29, 1.82) is 0 Å². The lowest BCUT2D eigenvalue weighted by Crippen LogP contribution is -2.27. The number of carbonyl (C=O) groups is 2. The summed E-state index contributed by atoms with van der Waals surface area (Å²) < 4.78 is 69.0. The Kier molecular flexibility index (Phi) is 6.92. The van der Waals surface area contributed by atoms with Gasteiger partial charge in [-0.05, 0) is 18.2 Å². The van der Waals surface area contributed by atoms with Gasteiger partial charge in [0.05, 0.1) is 16.9 Å². The van der Waals surface area contributed by atoms with Crippen LogP contribution in [0, 0.1) is 0 Å². The third-order valence-corrected chi connectivity index (χ3v) is 5.01. The van der Waals surface area contributed by atoms with Crippen LogP contribution in [-0.4, -0.2) is 33.3 Å². The fraction of sp³-hybridized carbons (Fsp3) is 0.222. The molecule has 0 aliphatic heterocycles. The number of sulfonamides is 1. The fourth-order valence-corrected chi connectivity index (χ4v) is 3.21. The summed E-state index contributed by atoms with van der Waals surface area (Å²) in [7, 11) is -4.24. The summed E-state index contributed by atoms with van der Waals surface area (Å²) >= 11 is 0. The van der Waals surface area contributed by atoms with Gasteiger partial charge in [-0.25, -0.2) is 13.1 Å². The van der Waals surface area contributed by atoms with E-state index in [1.807, 2.05) is 4.72 Å². The van der Waals surface area contributed by atoms with Crippen LogP contribution in [0.25, 0.3) is 0 Å². The molecule has 0 unspecified atom stereocenters. The first kappa shape index (κ1) is 21.6. The van der Waals surface area contributed by atoms with Gasteiger partial charge in [0.25, 0.3) is 0 Å². The Balaban J connectivity index is 1.85. The summed E-state index contributed by atoms with van der Waals surface area (Å²) in [5, 5.41) is 0. The van der Waals surface area contributed by atoms with Crippen molar-refractivity contribution in [2.45, 2.75) is 17.5 Å². The molecule has 0 radical (unpaired) electrons. The van der Waals surface area contributed by atoms with Gasteiger partial charge in [0, 0.05) is 12.1 Å². The largest absolute Gasteiger partial charge is 0.457 e. The van der Waals surface area contributed by atoms with Crippen molar-refractivity contribution in [2.24, 2.45) is 0 Å². The van der Waals surface area contributed by atoms with Gasteiger partial charge in [-0.2, -0.15) is 13.2 Å². The van der Waals surface area contributed by atoms with E-state index in [-0.39, 0.29) is 6.42 Å². The van der Waals surface area contributed by atoms with E-state index >= 15 is 0 Å². The molecule has 2 aromatic carbocycles. The van der Waals surface area contributed by atoms with Gasteiger partial charge < -0.3 is 4.74 Å². The van der Waals surface area contributed by atoms with Crippen LogP contribution in [0.3, 0.4) is 0 Å². The second-order valence-electron chi connectivity index (χ2n) is 5.62. The lowest BCUT2D eigenvalue weighted by molar-refractivity contribution is -0.142. The minimum Gasteiger partial charge on any atom is -0.457 e.